The van der Waals surface area contributed by atoms with Gasteiger partial charge in [0.15, 0.2) is 0 Å². The summed E-state index contributed by atoms with van der Waals surface area (Å²) in [4.78, 5) is 10.4. The summed E-state index contributed by atoms with van der Waals surface area (Å²) in [7, 11) is 0. The first-order valence-electron chi connectivity index (χ1n) is 10.3. The first-order chi connectivity index (χ1) is 13.0. The standard InChI is InChI=1S/C23H36O4/c1-2-19(20-14-9-7-10-15-20)13-8-5-3-4-6-11-16-21(24)22(25)17-12-18-23(26)27/h3-6,8,11,13,16,19-22,24-25H,2,7,9-10,12,14-15,17-18H2,1H3,(H,26,27)/b5-3-,6-4+,13-8+,16-11+/t19?,21-,22+/m1/s1. The largest absolute Gasteiger partial charge is 0.481 e. The van der Waals surface area contributed by atoms with Crippen molar-refractivity contribution in [3.05, 3.63) is 48.6 Å². The molecule has 0 heterocycles. The zero-order valence-electron chi connectivity index (χ0n) is 16.5. The molecule has 1 saturated carbocycles. The molecule has 4 heteroatoms. The molecule has 1 unspecified atom stereocenters. The van der Waals surface area contributed by atoms with Gasteiger partial charge in [-0.1, -0.05) is 74.8 Å². The van der Waals surface area contributed by atoms with Crippen molar-refractivity contribution in [2.75, 3.05) is 0 Å². The highest BCUT2D eigenvalue weighted by Crippen LogP contribution is 2.32. The minimum absolute atomic E-state index is 0.00530. The van der Waals surface area contributed by atoms with Crippen LogP contribution in [0.2, 0.25) is 0 Å². The van der Waals surface area contributed by atoms with E-state index in [1.54, 1.807) is 12.2 Å². The first-order valence-corrected chi connectivity index (χ1v) is 10.3. The zero-order valence-corrected chi connectivity index (χ0v) is 16.5. The van der Waals surface area contributed by atoms with Gasteiger partial charge in [-0.15, -0.1) is 0 Å². The molecule has 1 rings (SSSR count). The predicted molar refractivity (Wildman–Crippen MR) is 110 cm³/mol. The molecule has 3 N–H and O–H groups in total. The molecular formula is C23H36O4. The van der Waals surface area contributed by atoms with Gasteiger partial charge in [0, 0.05) is 6.42 Å². The van der Waals surface area contributed by atoms with E-state index in [9.17, 15) is 15.0 Å². The Morgan fingerprint density at radius 3 is 2.15 bits per heavy atom. The fourth-order valence-corrected chi connectivity index (χ4v) is 3.59. The fourth-order valence-electron chi connectivity index (χ4n) is 3.59. The Morgan fingerprint density at radius 1 is 0.963 bits per heavy atom. The van der Waals surface area contributed by atoms with E-state index in [1.165, 1.54) is 44.6 Å². The molecule has 27 heavy (non-hydrogen) atoms. The summed E-state index contributed by atoms with van der Waals surface area (Å²) in [6, 6.07) is 0. The predicted octanol–water partition coefficient (Wildman–Crippen LogP) is 4.79. The van der Waals surface area contributed by atoms with Crippen LogP contribution in [0.3, 0.4) is 0 Å². The molecule has 0 amide bonds. The number of aliphatic hydroxyl groups is 2. The van der Waals surface area contributed by atoms with Crippen LogP contribution in [0.1, 0.15) is 64.7 Å². The van der Waals surface area contributed by atoms with E-state index in [4.69, 9.17) is 5.11 Å². The third-order valence-electron chi connectivity index (χ3n) is 5.23. The van der Waals surface area contributed by atoms with Gasteiger partial charge in [-0.25, -0.2) is 0 Å². The number of carboxylic acid groups (broad SMARTS) is 1. The van der Waals surface area contributed by atoms with E-state index in [1.807, 2.05) is 18.2 Å². The number of rotatable bonds is 12. The lowest BCUT2D eigenvalue weighted by molar-refractivity contribution is -0.137. The summed E-state index contributed by atoms with van der Waals surface area (Å²) < 4.78 is 0. The molecular weight excluding hydrogens is 340 g/mol. The zero-order chi connectivity index (χ0) is 19.9. The lowest BCUT2D eigenvalue weighted by atomic mass is 9.79. The molecule has 0 aromatic rings. The highest BCUT2D eigenvalue weighted by Gasteiger charge is 2.19. The van der Waals surface area contributed by atoms with Gasteiger partial charge < -0.3 is 15.3 Å². The minimum atomic E-state index is -0.979. The highest BCUT2D eigenvalue weighted by atomic mass is 16.4. The maximum absolute atomic E-state index is 10.4. The Labute approximate surface area is 164 Å². The number of carboxylic acids is 1. The van der Waals surface area contributed by atoms with E-state index in [0.29, 0.717) is 12.3 Å². The summed E-state index contributed by atoms with van der Waals surface area (Å²) in [5.74, 6) is 0.631. The van der Waals surface area contributed by atoms with Crippen LogP contribution in [-0.2, 0) is 4.79 Å². The van der Waals surface area contributed by atoms with Crippen molar-refractivity contribution in [2.24, 2.45) is 11.8 Å². The molecule has 1 aliphatic rings. The van der Waals surface area contributed by atoms with Crippen LogP contribution in [0.15, 0.2) is 48.6 Å². The van der Waals surface area contributed by atoms with Gasteiger partial charge in [-0.05, 0) is 43.9 Å². The maximum Gasteiger partial charge on any atom is 0.303 e. The summed E-state index contributed by atoms with van der Waals surface area (Å²) in [5.41, 5.74) is 0. The molecule has 3 atom stereocenters. The lowest BCUT2D eigenvalue weighted by Gasteiger charge is -2.27. The third kappa shape index (κ3) is 10.9. The average Bonchev–Trinajstić information content (AvgIpc) is 2.67. The van der Waals surface area contributed by atoms with E-state index >= 15 is 0 Å². The molecule has 0 radical (unpaired) electrons. The molecule has 0 aliphatic heterocycles. The van der Waals surface area contributed by atoms with Gasteiger partial charge in [-0.3, -0.25) is 4.79 Å². The monoisotopic (exact) mass is 376 g/mol. The number of allylic oxidation sites excluding steroid dienone is 7. The molecule has 0 aromatic heterocycles. The Balaban J connectivity index is 2.29. The first kappa shape index (κ1) is 23.4. The molecule has 0 saturated heterocycles. The van der Waals surface area contributed by atoms with Crippen molar-refractivity contribution in [3.8, 4) is 0 Å². The van der Waals surface area contributed by atoms with Crippen molar-refractivity contribution in [1.82, 2.24) is 0 Å². The third-order valence-corrected chi connectivity index (χ3v) is 5.23. The van der Waals surface area contributed by atoms with Crippen molar-refractivity contribution in [3.63, 3.8) is 0 Å². The molecule has 1 fully saturated rings. The van der Waals surface area contributed by atoms with Crippen molar-refractivity contribution in [1.29, 1.82) is 0 Å². The Hall–Kier alpha value is -1.65. The fraction of sp³-hybridized carbons (Fsp3) is 0.609. The quantitative estimate of drug-likeness (QED) is 0.428. The number of carbonyl (C=O) groups is 1. The van der Waals surface area contributed by atoms with Crippen molar-refractivity contribution in [2.45, 2.75) is 76.9 Å². The summed E-state index contributed by atoms with van der Waals surface area (Å²) in [6.07, 6.45) is 22.1. The molecule has 0 spiro atoms. The van der Waals surface area contributed by atoms with Crippen LogP contribution < -0.4 is 0 Å². The average molecular weight is 377 g/mol. The molecule has 1 aliphatic carbocycles. The van der Waals surface area contributed by atoms with Gasteiger partial charge in [0.1, 0.15) is 0 Å². The van der Waals surface area contributed by atoms with Crippen LogP contribution in [0.25, 0.3) is 0 Å². The van der Waals surface area contributed by atoms with Crippen LogP contribution in [0.5, 0.6) is 0 Å². The van der Waals surface area contributed by atoms with Gasteiger partial charge in [0.2, 0.25) is 0 Å². The second-order valence-electron chi connectivity index (χ2n) is 7.35. The van der Waals surface area contributed by atoms with Crippen LogP contribution >= 0.6 is 0 Å². The smallest absolute Gasteiger partial charge is 0.303 e. The second kappa shape index (κ2) is 14.4. The minimum Gasteiger partial charge on any atom is -0.481 e. The van der Waals surface area contributed by atoms with Gasteiger partial charge in [0.25, 0.3) is 0 Å². The van der Waals surface area contributed by atoms with E-state index in [0.717, 1.165) is 5.92 Å². The van der Waals surface area contributed by atoms with E-state index in [-0.39, 0.29) is 12.8 Å². The molecule has 0 bridgehead atoms. The lowest BCUT2D eigenvalue weighted by Crippen LogP contribution is -2.23. The van der Waals surface area contributed by atoms with Gasteiger partial charge in [0.05, 0.1) is 12.2 Å². The van der Waals surface area contributed by atoms with Crippen molar-refractivity contribution < 1.29 is 20.1 Å². The molecule has 4 nitrogen and oxygen atoms in total. The summed E-state index contributed by atoms with van der Waals surface area (Å²) in [6.45, 7) is 2.26. The van der Waals surface area contributed by atoms with Crippen molar-refractivity contribution >= 4 is 5.97 Å². The van der Waals surface area contributed by atoms with E-state index in [2.05, 4.69) is 19.1 Å². The van der Waals surface area contributed by atoms with Gasteiger partial charge >= 0.3 is 5.97 Å². The highest BCUT2D eigenvalue weighted by molar-refractivity contribution is 5.66. The molecule has 152 valence electrons. The Bertz CT molecular complexity index is 512. The Kier molecular flexibility index (Phi) is 12.5. The summed E-state index contributed by atoms with van der Waals surface area (Å²) in [5, 5.41) is 28.1. The van der Waals surface area contributed by atoms with Crippen LogP contribution in [0.4, 0.5) is 0 Å². The summed E-state index contributed by atoms with van der Waals surface area (Å²) >= 11 is 0. The Morgan fingerprint density at radius 2 is 1.56 bits per heavy atom. The number of hydrogen-bond donors (Lipinski definition) is 3. The second-order valence-corrected chi connectivity index (χ2v) is 7.35. The number of aliphatic carboxylic acids is 1. The molecule has 0 aromatic carbocycles. The van der Waals surface area contributed by atoms with Crippen LogP contribution in [-0.4, -0.2) is 33.5 Å². The SMILES string of the molecule is CCC(/C=C/C=C\C=C\C=C\[C@@H](O)[C@@H](O)CCCC(=O)O)C1CCCCC1. The number of hydrogen-bond acceptors (Lipinski definition) is 3. The topological polar surface area (TPSA) is 77.8 Å². The number of aliphatic hydroxyl groups excluding tert-OH is 2. The van der Waals surface area contributed by atoms with E-state index < -0.39 is 18.2 Å². The van der Waals surface area contributed by atoms with Crippen LogP contribution in [0, 0.1) is 11.8 Å². The maximum atomic E-state index is 10.4. The van der Waals surface area contributed by atoms with Gasteiger partial charge in [-0.2, -0.15) is 0 Å². The normalized spacial score (nSPS) is 20.1.